The van der Waals surface area contributed by atoms with Crippen LogP contribution in [0.1, 0.15) is 45.4 Å². The molecular weight excluding hydrogens is 238 g/mol. The van der Waals surface area contributed by atoms with Gasteiger partial charge in [0.05, 0.1) is 18.5 Å². The molecule has 1 rings (SSSR count). The molecule has 0 aromatic rings. The van der Waals surface area contributed by atoms with Gasteiger partial charge in [-0.1, -0.05) is 26.2 Å². The molecule has 1 aliphatic rings. The Kier molecular flexibility index (Phi) is 6.86. The predicted octanol–water partition coefficient (Wildman–Crippen LogP) is 2.26. The van der Waals surface area contributed by atoms with Crippen LogP contribution >= 0.6 is 0 Å². The highest BCUT2D eigenvalue weighted by Gasteiger charge is 2.29. The Morgan fingerprint density at radius 1 is 1.26 bits per heavy atom. The van der Waals surface area contributed by atoms with Crippen molar-refractivity contribution in [2.24, 2.45) is 5.92 Å². The third kappa shape index (κ3) is 4.83. The maximum absolute atomic E-state index is 12.0. The van der Waals surface area contributed by atoms with Gasteiger partial charge in [-0.2, -0.15) is 5.26 Å². The van der Waals surface area contributed by atoms with Crippen LogP contribution < -0.4 is 0 Å². The number of carbonyl (C=O) groups is 1. The molecule has 0 heterocycles. The first kappa shape index (κ1) is 16.0. The van der Waals surface area contributed by atoms with E-state index in [1.54, 1.807) is 19.0 Å². The van der Waals surface area contributed by atoms with E-state index < -0.39 is 0 Å². The first-order valence-electron chi connectivity index (χ1n) is 7.44. The van der Waals surface area contributed by atoms with Gasteiger partial charge in [0.15, 0.2) is 0 Å². The molecule has 0 spiro atoms. The summed E-state index contributed by atoms with van der Waals surface area (Å²) in [6.07, 6.45) is 6.61. The van der Waals surface area contributed by atoms with Crippen LogP contribution in [0.2, 0.25) is 0 Å². The normalized spacial score (nSPS) is 23.7. The molecule has 4 nitrogen and oxygen atoms in total. The minimum Gasteiger partial charge on any atom is -0.348 e. The van der Waals surface area contributed by atoms with E-state index in [-0.39, 0.29) is 17.9 Å². The molecule has 1 saturated carbocycles. The van der Waals surface area contributed by atoms with E-state index in [2.05, 4.69) is 17.9 Å². The molecule has 0 aromatic carbocycles. The van der Waals surface area contributed by atoms with Crippen LogP contribution in [0.15, 0.2) is 0 Å². The summed E-state index contributed by atoms with van der Waals surface area (Å²) < 4.78 is 0. The number of hydrogen-bond donors (Lipinski definition) is 0. The first-order valence-corrected chi connectivity index (χ1v) is 7.44. The SMILES string of the molecule is CCCN(CC(=O)N(C)C)C1CCCCCC1C#N. The van der Waals surface area contributed by atoms with Gasteiger partial charge in [-0.25, -0.2) is 0 Å². The van der Waals surface area contributed by atoms with Crippen LogP contribution in [0.5, 0.6) is 0 Å². The van der Waals surface area contributed by atoms with Crippen LogP contribution in [0.4, 0.5) is 0 Å². The Balaban J connectivity index is 2.76. The molecule has 108 valence electrons. The van der Waals surface area contributed by atoms with Gasteiger partial charge in [0.2, 0.25) is 5.91 Å². The van der Waals surface area contributed by atoms with Gasteiger partial charge in [-0.15, -0.1) is 0 Å². The zero-order valence-corrected chi connectivity index (χ0v) is 12.6. The Morgan fingerprint density at radius 2 is 1.95 bits per heavy atom. The third-order valence-electron chi connectivity index (χ3n) is 3.96. The quantitative estimate of drug-likeness (QED) is 0.716. The number of amides is 1. The lowest BCUT2D eigenvalue weighted by Gasteiger charge is -2.33. The van der Waals surface area contributed by atoms with E-state index in [0.717, 1.165) is 32.2 Å². The summed E-state index contributed by atoms with van der Waals surface area (Å²) >= 11 is 0. The van der Waals surface area contributed by atoms with Crippen molar-refractivity contribution in [2.45, 2.75) is 51.5 Å². The molecule has 0 aliphatic heterocycles. The summed E-state index contributed by atoms with van der Waals surface area (Å²) in [6, 6.07) is 2.73. The van der Waals surface area contributed by atoms with Crippen molar-refractivity contribution in [1.29, 1.82) is 5.26 Å². The van der Waals surface area contributed by atoms with Crippen LogP contribution in [0.3, 0.4) is 0 Å². The van der Waals surface area contributed by atoms with Gasteiger partial charge in [-0.05, 0) is 25.8 Å². The van der Waals surface area contributed by atoms with E-state index in [0.29, 0.717) is 6.54 Å². The summed E-state index contributed by atoms with van der Waals surface area (Å²) in [5.41, 5.74) is 0. The summed E-state index contributed by atoms with van der Waals surface area (Å²) in [6.45, 7) is 3.48. The molecule has 1 fully saturated rings. The number of hydrogen-bond acceptors (Lipinski definition) is 3. The lowest BCUT2D eigenvalue weighted by atomic mass is 9.94. The van der Waals surface area contributed by atoms with Crippen molar-refractivity contribution in [3.8, 4) is 6.07 Å². The fraction of sp³-hybridized carbons (Fsp3) is 0.867. The summed E-state index contributed by atoms with van der Waals surface area (Å²) in [4.78, 5) is 15.8. The molecule has 0 N–H and O–H groups in total. The van der Waals surface area contributed by atoms with Crippen molar-refractivity contribution >= 4 is 5.91 Å². The van der Waals surface area contributed by atoms with Crippen molar-refractivity contribution in [3.05, 3.63) is 0 Å². The van der Waals surface area contributed by atoms with Gasteiger partial charge in [0.25, 0.3) is 0 Å². The number of carbonyl (C=O) groups excluding carboxylic acids is 1. The second-order valence-electron chi connectivity index (χ2n) is 5.70. The zero-order valence-electron chi connectivity index (χ0n) is 12.6. The van der Waals surface area contributed by atoms with Gasteiger partial charge in [0, 0.05) is 20.1 Å². The van der Waals surface area contributed by atoms with Crippen LogP contribution in [-0.2, 0) is 4.79 Å². The second-order valence-corrected chi connectivity index (χ2v) is 5.70. The highest BCUT2D eigenvalue weighted by Crippen LogP contribution is 2.27. The number of rotatable bonds is 5. The number of nitrogens with zero attached hydrogens (tertiary/aromatic N) is 3. The molecule has 2 atom stereocenters. The molecule has 1 aliphatic carbocycles. The maximum Gasteiger partial charge on any atom is 0.236 e. The van der Waals surface area contributed by atoms with E-state index in [1.165, 1.54) is 12.8 Å². The zero-order chi connectivity index (χ0) is 14.3. The van der Waals surface area contributed by atoms with Crippen LogP contribution in [0.25, 0.3) is 0 Å². The Labute approximate surface area is 117 Å². The van der Waals surface area contributed by atoms with Gasteiger partial charge >= 0.3 is 0 Å². The van der Waals surface area contributed by atoms with Crippen molar-refractivity contribution in [2.75, 3.05) is 27.2 Å². The minimum atomic E-state index is 0.0870. The summed E-state index contributed by atoms with van der Waals surface area (Å²) in [5, 5.41) is 9.37. The van der Waals surface area contributed by atoms with E-state index in [9.17, 15) is 10.1 Å². The molecule has 0 saturated heterocycles. The van der Waals surface area contributed by atoms with Gasteiger partial charge in [0.1, 0.15) is 0 Å². The largest absolute Gasteiger partial charge is 0.348 e. The van der Waals surface area contributed by atoms with E-state index in [1.807, 2.05) is 0 Å². The number of nitriles is 1. The summed E-state index contributed by atoms with van der Waals surface area (Å²) in [7, 11) is 3.59. The van der Waals surface area contributed by atoms with E-state index >= 15 is 0 Å². The highest BCUT2D eigenvalue weighted by atomic mass is 16.2. The predicted molar refractivity (Wildman–Crippen MR) is 76.5 cm³/mol. The molecular formula is C15H27N3O. The molecule has 4 heteroatoms. The highest BCUT2D eigenvalue weighted by molar-refractivity contribution is 5.77. The standard InChI is InChI=1S/C15H27N3O/c1-4-10-18(12-15(19)17(2)3)14-9-7-5-6-8-13(14)11-16/h13-14H,4-10,12H2,1-3H3. The topological polar surface area (TPSA) is 47.3 Å². The van der Waals surface area contributed by atoms with Crippen molar-refractivity contribution in [3.63, 3.8) is 0 Å². The fourth-order valence-corrected chi connectivity index (χ4v) is 2.84. The Morgan fingerprint density at radius 3 is 2.53 bits per heavy atom. The summed E-state index contributed by atoms with van der Waals surface area (Å²) in [5.74, 6) is 0.221. The average molecular weight is 265 g/mol. The van der Waals surface area contributed by atoms with Crippen molar-refractivity contribution < 1.29 is 4.79 Å². The third-order valence-corrected chi connectivity index (χ3v) is 3.96. The lowest BCUT2D eigenvalue weighted by molar-refractivity contribution is -0.130. The van der Waals surface area contributed by atoms with Gasteiger partial charge in [-0.3, -0.25) is 9.69 Å². The maximum atomic E-state index is 12.0. The van der Waals surface area contributed by atoms with E-state index in [4.69, 9.17) is 0 Å². The average Bonchev–Trinajstić information content (AvgIpc) is 2.62. The Hall–Kier alpha value is -1.08. The smallest absolute Gasteiger partial charge is 0.236 e. The van der Waals surface area contributed by atoms with Crippen molar-refractivity contribution in [1.82, 2.24) is 9.80 Å². The van der Waals surface area contributed by atoms with Crippen LogP contribution in [-0.4, -0.2) is 48.9 Å². The second kappa shape index (κ2) is 8.16. The molecule has 0 radical (unpaired) electrons. The molecule has 19 heavy (non-hydrogen) atoms. The Bertz CT molecular complexity index is 322. The van der Waals surface area contributed by atoms with Gasteiger partial charge < -0.3 is 4.90 Å². The fourth-order valence-electron chi connectivity index (χ4n) is 2.84. The molecule has 1 amide bonds. The minimum absolute atomic E-state index is 0.0870. The van der Waals surface area contributed by atoms with Crippen LogP contribution in [0, 0.1) is 17.2 Å². The molecule has 0 aromatic heterocycles. The number of likely N-dealkylation sites (N-methyl/N-ethyl adjacent to an activating group) is 1. The monoisotopic (exact) mass is 265 g/mol. The molecule has 0 bridgehead atoms. The lowest BCUT2D eigenvalue weighted by Crippen LogP contribution is -2.45. The first-order chi connectivity index (χ1) is 9.10. The molecule has 2 unspecified atom stereocenters.